The lowest BCUT2D eigenvalue weighted by atomic mass is 10.2. The van der Waals surface area contributed by atoms with Crippen molar-refractivity contribution in [3.63, 3.8) is 0 Å². The lowest BCUT2D eigenvalue weighted by Crippen LogP contribution is -2.02. The number of nitro benzene ring substituents is 1. The van der Waals surface area contributed by atoms with Crippen LogP contribution in [0.2, 0.25) is 0 Å². The van der Waals surface area contributed by atoms with Gasteiger partial charge < -0.3 is 4.74 Å². The van der Waals surface area contributed by atoms with E-state index in [1.807, 2.05) is 5.92 Å². The van der Waals surface area contributed by atoms with Gasteiger partial charge in [-0.15, -0.1) is 18.2 Å². The number of carbonyl (C=O) groups is 1. The molecule has 114 valence electrons. The third-order valence-corrected chi connectivity index (χ3v) is 3.44. The van der Waals surface area contributed by atoms with Crippen LogP contribution in [0.1, 0.15) is 10.4 Å². The summed E-state index contributed by atoms with van der Waals surface area (Å²) in [6.07, 6.45) is 8.99. The number of hydrogen-bond acceptors (Lipinski definition) is 5. The van der Waals surface area contributed by atoms with Crippen molar-refractivity contribution in [2.24, 2.45) is 0 Å². The molecule has 0 radical (unpaired) electrons. The number of allylic oxidation sites excluding steroid dienone is 3. The van der Waals surface area contributed by atoms with E-state index in [2.05, 4.69) is 4.74 Å². The van der Waals surface area contributed by atoms with Crippen molar-refractivity contribution < 1.29 is 18.8 Å². The Labute approximate surface area is 131 Å². The van der Waals surface area contributed by atoms with E-state index >= 15 is 0 Å². The van der Waals surface area contributed by atoms with Crippen LogP contribution in [0.4, 0.5) is 10.1 Å². The van der Waals surface area contributed by atoms with Crippen LogP contribution in [0.5, 0.6) is 0 Å². The standard InChI is InChI=1S/C15H12FNO4S/c1-3-12(16)6-4-5-9-22-14-8-7-11(15(18)21-2)10-13(14)17(19)20/h1,4-8,10H,9H2,2H3/b5-4-,12-6+. The van der Waals surface area contributed by atoms with Gasteiger partial charge in [0.25, 0.3) is 5.69 Å². The molecule has 0 amide bonds. The van der Waals surface area contributed by atoms with E-state index in [0.29, 0.717) is 10.6 Å². The van der Waals surface area contributed by atoms with Crippen LogP contribution in [0.3, 0.4) is 0 Å². The fraction of sp³-hybridized carbons (Fsp3) is 0.133. The van der Waals surface area contributed by atoms with Crippen molar-refractivity contribution >= 4 is 23.4 Å². The second kappa shape index (κ2) is 8.64. The fourth-order valence-electron chi connectivity index (χ4n) is 1.42. The maximum Gasteiger partial charge on any atom is 0.338 e. The van der Waals surface area contributed by atoms with Gasteiger partial charge in [-0.05, 0) is 24.1 Å². The van der Waals surface area contributed by atoms with Crippen LogP contribution >= 0.6 is 11.8 Å². The van der Waals surface area contributed by atoms with Gasteiger partial charge in [-0.3, -0.25) is 10.1 Å². The minimum atomic E-state index is -0.699. The summed E-state index contributed by atoms with van der Waals surface area (Å²) < 4.78 is 17.2. The molecule has 0 aliphatic rings. The maximum atomic E-state index is 12.6. The summed E-state index contributed by atoms with van der Waals surface area (Å²) in [5.41, 5.74) is -0.0836. The van der Waals surface area contributed by atoms with Gasteiger partial charge in [0.15, 0.2) is 5.83 Å². The zero-order valence-corrected chi connectivity index (χ0v) is 12.4. The second-order valence-electron chi connectivity index (χ2n) is 3.83. The number of benzene rings is 1. The van der Waals surface area contributed by atoms with Crippen molar-refractivity contribution in [2.45, 2.75) is 4.90 Å². The quantitative estimate of drug-likeness (QED) is 0.200. The van der Waals surface area contributed by atoms with Crippen molar-refractivity contribution in [1.29, 1.82) is 0 Å². The predicted octanol–water partition coefficient (Wildman–Crippen LogP) is 3.52. The molecular weight excluding hydrogens is 309 g/mol. The Balaban J connectivity index is 2.85. The molecule has 0 unspecified atom stereocenters. The van der Waals surface area contributed by atoms with E-state index in [1.54, 1.807) is 6.08 Å². The maximum absolute atomic E-state index is 12.6. The van der Waals surface area contributed by atoms with Crippen LogP contribution in [0.25, 0.3) is 0 Å². The molecule has 0 N–H and O–H groups in total. The Bertz CT molecular complexity index is 677. The summed E-state index contributed by atoms with van der Waals surface area (Å²) in [6, 6.07) is 4.08. The Hall–Kier alpha value is -2.59. The second-order valence-corrected chi connectivity index (χ2v) is 4.89. The molecule has 0 spiro atoms. The van der Waals surface area contributed by atoms with Gasteiger partial charge in [0.05, 0.1) is 22.5 Å². The summed E-state index contributed by atoms with van der Waals surface area (Å²) in [5, 5.41) is 11.0. The number of methoxy groups -OCH3 is 1. The number of ether oxygens (including phenoxy) is 1. The van der Waals surface area contributed by atoms with E-state index in [0.717, 1.165) is 12.1 Å². The van der Waals surface area contributed by atoms with E-state index in [1.165, 1.54) is 37.1 Å². The lowest BCUT2D eigenvalue weighted by Gasteiger charge is -2.03. The number of rotatable bonds is 6. The molecule has 5 nitrogen and oxygen atoms in total. The number of hydrogen-bond donors (Lipinski definition) is 0. The van der Waals surface area contributed by atoms with Crippen molar-refractivity contribution in [2.75, 3.05) is 12.9 Å². The Morgan fingerprint density at radius 1 is 1.59 bits per heavy atom. The zero-order valence-electron chi connectivity index (χ0n) is 11.6. The Morgan fingerprint density at radius 2 is 2.32 bits per heavy atom. The van der Waals surface area contributed by atoms with Gasteiger partial charge >= 0.3 is 5.97 Å². The number of thioether (sulfide) groups is 1. The van der Waals surface area contributed by atoms with Crippen LogP contribution < -0.4 is 0 Å². The van der Waals surface area contributed by atoms with Crippen LogP contribution in [-0.4, -0.2) is 23.8 Å². The molecule has 0 saturated carbocycles. The van der Waals surface area contributed by atoms with Crippen molar-refractivity contribution in [3.05, 3.63) is 57.9 Å². The highest BCUT2D eigenvalue weighted by atomic mass is 32.2. The summed E-state index contributed by atoms with van der Waals surface area (Å²) in [4.78, 5) is 22.2. The number of carbonyl (C=O) groups excluding carboxylic acids is 1. The first-order valence-electron chi connectivity index (χ1n) is 5.98. The minimum absolute atomic E-state index is 0.105. The first-order chi connectivity index (χ1) is 10.5. The monoisotopic (exact) mass is 321 g/mol. The third kappa shape index (κ3) is 5.07. The minimum Gasteiger partial charge on any atom is -0.465 e. The average Bonchev–Trinajstić information content (AvgIpc) is 2.53. The van der Waals surface area contributed by atoms with E-state index in [-0.39, 0.29) is 11.3 Å². The molecule has 0 aliphatic carbocycles. The molecule has 1 rings (SSSR count). The highest BCUT2D eigenvalue weighted by Gasteiger charge is 2.17. The molecule has 0 fully saturated rings. The Morgan fingerprint density at radius 3 is 2.91 bits per heavy atom. The van der Waals surface area contributed by atoms with E-state index < -0.39 is 16.7 Å². The molecular formula is C15H12FNO4S. The summed E-state index contributed by atoms with van der Waals surface area (Å²) in [6.45, 7) is 0. The number of terminal acetylenes is 1. The highest BCUT2D eigenvalue weighted by Crippen LogP contribution is 2.30. The summed E-state index contributed by atoms with van der Waals surface area (Å²) >= 11 is 1.18. The van der Waals surface area contributed by atoms with Crippen LogP contribution in [0, 0.1) is 22.5 Å². The fourth-order valence-corrected chi connectivity index (χ4v) is 2.25. The summed E-state index contributed by atoms with van der Waals surface area (Å²) in [5.74, 6) is 0.861. The third-order valence-electron chi connectivity index (χ3n) is 2.43. The molecule has 0 bridgehead atoms. The number of nitro groups is 1. The van der Waals surface area contributed by atoms with Crippen LogP contribution in [-0.2, 0) is 4.74 Å². The zero-order chi connectivity index (χ0) is 16.5. The van der Waals surface area contributed by atoms with Crippen molar-refractivity contribution in [1.82, 2.24) is 0 Å². The largest absolute Gasteiger partial charge is 0.465 e. The smallest absolute Gasteiger partial charge is 0.338 e. The molecule has 0 saturated heterocycles. The highest BCUT2D eigenvalue weighted by molar-refractivity contribution is 7.99. The molecule has 0 aromatic heterocycles. The van der Waals surface area contributed by atoms with E-state index in [9.17, 15) is 19.3 Å². The topological polar surface area (TPSA) is 69.4 Å². The lowest BCUT2D eigenvalue weighted by molar-refractivity contribution is -0.387. The van der Waals surface area contributed by atoms with Gasteiger partial charge in [-0.2, -0.15) is 4.39 Å². The van der Waals surface area contributed by atoms with Gasteiger partial charge in [-0.25, -0.2) is 4.79 Å². The molecule has 0 atom stereocenters. The first-order valence-corrected chi connectivity index (χ1v) is 6.96. The van der Waals surface area contributed by atoms with Gasteiger partial charge in [0.2, 0.25) is 0 Å². The van der Waals surface area contributed by atoms with Gasteiger partial charge in [0, 0.05) is 11.8 Å². The number of esters is 1. The predicted molar refractivity (Wildman–Crippen MR) is 82.3 cm³/mol. The molecule has 0 heterocycles. The van der Waals surface area contributed by atoms with E-state index in [4.69, 9.17) is 6.42 Å². The van der Waals surface area contributed by atoms with Crippen LogP contribution in [0.15, 0.2) is 47.1 Å². The normalized spacial score (nSPS) is 11.2. The average molecular weight is 321 g/mol. The first kappa shape index (κ1) is 17.5. The molecule has 1 aromatic rings. The molecule has 1 aromatic carbocycles. The Kier molecular flexibility index (Phi) is 6.86. The SMILES string of the molecule is C#C/C(F)=C\C=C/CSc1ccc(C(=O)OC)cc1[N+](=O)[O-]. The number of nitrogens with zero attached hydrogens (tertiary/aromatic N) is 1. The molecule has 22 heavy (non-hydrogen) atoms. The molecule has 7 heteroatoms. The van der Waals surface area contributed by atoms with Gasteiger partial charge in [0.1, 0.15) is 0 Å². The summed E-state index contributed by atoms with van der Waals surface area (Å²) in [7, 11) is 1.20. The molecule has 0 aliphatic heterocycles. The number of halogens is 1. The van der Waals surface area contributed by atoms with Gasteiger partial charge in [-0.1, -0.05) is 12.2 Å². The van der Waals surface area contributed by atoms with Crippen molar-refractivity contribution in [3.8, 4) is 12.3 Å².